The van der Waals surface area contributed by atoms with E-state index in [1.807, 2.05) is 0 Å². The van der Waals surface area contributed by atoms with E-state index in [1.165, 1.54) is 4.90 Å². The Hall–Kier alpha value is -1.04. The van der Waals surface area contributed by atoms with Gasteiger partial charge in [-0.2, -0.15) is 0 Å². The molecule has 0 saturated heterocycles. The summed E-state index contributed by atoms with van der Waals surface area (Å²) in [6.45, 7) is 3.67. The van der Waals surface area contributed by atoms with Crippen LogP contribution >= 0.6 is 15.9 Å². The second-order valence-electron chi connectivity index (χ2n) is 4.14. The lowest BCUT2D eigenvalue weighted by molar-refractivity contribution is -0.138. The van der Waals surface area contributed by atoms with Crippen LogP contribution in [0.5, 0.6) is 0 Å². The number of aliphatic carboxylic acids is 1. The maximum Gasteiger partial charge on any atom is 0.323 e. The van der Waals surface area contributed by atoms with E-state index in [4.69, 9.17) is 5.11 Å². The fourth-order valence-electron chi connectivity index (χ4n) is 2.00. The number of amides is 2. The molecule has 6 heteroatoms. The zero-order chi connectivity index (χ0) is 12.8. The highest BCUT2D eigenvalue weighted by atomic mass is 79.9. The van der Waals surface area contributed by atoms with Crippen molar-refractivity contribution in [2.24, 2.45) is 0 Å². The number of urea groups is 1. The summed E-state index contributed by atoms with van der Waals surface area (Å²) in [5.74, 6) is -0.982. The van der Waals surface area contributed by atoms with Crippen LogP contribution in [0.25, 0.3) is 0 Å². The van der Waals surface area contributed by atoms with Crippen molar-refractivity contribution in [3.63, 3.8) is 0 Å². The Morgan fingerprint density at radius 2 is 2.00 bits per heavy atom. The van der Waals surface area contributed by atoms with E-state index in [0.717, 1.165) is 25.7 Å². The van der Waals surface area contributed by atoms with Crippen LogP contribution in [0.3, 0.4) is 0 Å². The normalized spacial score (nSPS) is 15.6. The zero-order valence-corrected chi connectivity index (χ0v) is 11.2. The summed E-state index contributed by atoms with van der Waals surface area (Å²) in [6.07, 6.45) is 3.88. The minimum Gasteiger partial charge on any atom is -0.480 e. The molecule has 17 heavy (non-hydrogen) atoms. The van der Waals surface area contributed by atoms with Gasteiger partial charge in [0.1, 0.15) is 6.54 Å². The van der Waals surface area contributed by atoms with Crippen molar-refractivity contribution in [1.29, 1.82) is 0 Å². The molecule has 2 amide bonds. The molecule has 0 aromatic rings. The number of carbonyl (C=O) groups excluding carboxylic acids is 1. The van der Waals surface area contributed by atoms with Gasteiger partial charge in [0.2, 0.25) is 0 Å². The second kappa shape index (κ2) is 6.64. The summed E-state index contributed by atoms with van der Waals surface area (Å²) in [6, 6.07) is -0.283. The molecule has 1 rings (SSSR count). The third kappa shape index (κ3) is 4.77. The van der Waals surface area contributed by atoms with E-state index < -0.39 is 5.97 Å². The number of hydrogen-bond acceptors (Lipinski definition) is 2. The number of nitrogens with one attached hydrogen (secondary N) is 1. The summed E-state index contributed by atoms with van der Waals surface area (Å²) >= 11 is 3.14. The van der Waals surface area contributed by atoms with Crippen molar-refractivity contribution in [2.45, 2.75) is 31.7 Å². The highest BCUT2D eigenvalue weighted by molar-refractivity contribution is 9.11. The number of carboxylic acid groups (broad SMARTS) is 1. The molecule has 96 valence electrons. The fourth-order valence-corrected chi connectivity index (χ4v) is 2.14. The van der Waals surface area contributed by atoms with Gasteiger partial charge >= 0.3 is 12.0 Å². The Bertz CT molecular complexity index is 314. The van der Waals surface area contributed by atoms with Crippen LogP contribution in [0, 0.1) is 0 Å². The Morgan fingerprint density at radius 1 is 1.41 bits per heavy atom. The van der Waals surface area contributed by atoms with Crippen LogP contribution in [0.2, 0.25) is 0 Å². The summed E-state index contributed by atoms with van der Waals surface area (Å²) in [5, 5.41) is 11.5. The SMILES string of the molecule is C=C(Br)CNC(=O)N(CC(=O)O)C1CCCC1. The summed E-state index contributed by atoms with van der Waals surface area (Å²) in [4.78, 5) is 24.0. The summed E-state index contributed by atoms with van der Waals surface area (Å²) in [5.41, 5.74) is 0. The average molecular weight is 305 g/mol. The van der Waals surface area contributed by atoms with E-state index in [9.17, 15) is 9.59 Å². The van der Waals surface area contributed by atoms with Crippen molar-refractivity contribution in [2.75, 3.05) is 13.1 Å². The number of carboxylic acids is 1. The summed E-state index contributed by atoms with van der Waals surface area (Å²) < 4.78 is 0.660. The first-order chi connectivity index (χ1) is 8.00. The molecule has 0 unspecified atom stereocenters. The molecule has 0 radical (unpaired) electrons. The van der Waals surface area contributed by atoms with Gasteiger partial charge in [-0.05, 0) is 12.8 Å². The quantitative estimate of drug-likeness (QED) is 0.815. The van der Waals surface area contributed by atoms with Gasteiger partial charge in [-0.3, -0.25) is 4.79 Å². The molecule has 0 spiro atoms. The summed E-state index contributed by atoms with van der Waals surface area (Å²) in [7, 11) is 0. The zero-order valence-electron chi connectivity index (χ0n) is 9.62. The fraction of sp³-hybridized carbons (Fsp3) is 0.636. The highest BCUT2D eigenvalue weighted by Crippen LogP contribution is 2.23. The molecule has 1 fully saturated rings. The molecule has 0 aromatic carbocycles. The van der Waals surface area contributed by atoms with Crippen molar-refractivity contribution < 1.29 is 14.7 Å². The number of carbonyl (C=O) groups is 2. The van der Waals surface area contributed by atoms with E-state index in [-0.39, 0.29) is 18.6 Å². The van der Waals surface area contributed by atoms with Crippen LogP contribution in [0.4, 0.5) is 4.79 Å². The van der Waals surface area contributed by atoms with Gasteiger partial charge in [-0.15, -0.1) is 0 Å². The molecular formula is C11H17BrN2O3. The van der Waals surface area contributed by atoms with E-state index in [0.29, 0.717) is 11.0 Å². The van der Waals surface area contributed by atoms with Crippen LogP contribution in [0.15, 0.2) is 11.1 Å². The Morgan fingerprint density at radius 3 is 2.47 bits per heavy atom. The largest absolute Gasteiger partial charge is 0.480 e. The maximum atomic E-state index is 11.9. The Kier molecular flexibility index (Phi) is 5.47. The van der Waals surface area contributed by atoms with Crippen LogP contribution < -0.4 is 5.32 Å². The third-order valence-corrected chi connectivity index (χ3v) is 3.04. The molecule has 0 aliphatic heterocycles. The van der Waals surface area contributed by atoms with Crippen LogP contribution in [0.1, 0.15) is 25.7 Å². The molecule has 0 atom stereocenters. The molecule has 0 aromatic heterocycles. The minimum atomic E-state index is -0.982. The van der Waals surface area contributed by atoms with Crippen LogP contribution in [-0.2, 0) is 4.79 Å². The predicted octanol–water partition coefficient (Wildman–Crippen LogP) is 1.93. The molecule has 5 nitrogen and oxygen atoms in total. The van der Waals surface area contributed by atoms with E-state index in [1.54, 1.807) is 0 Å². The average Bonchev–Trinajstić information content (AvgIpc) is 2.75. The minimum absolute atomic E-state index is 0.0506. The van der Waals surface area contributed by atoms with Gasteiger partial charge < -0.3 is 15.3 Å². The van der Waals surface area contributed by atoms with E-state index >= 15 is 0 Å². The monoisotopic (exact) mass is 304 g/mol. The highest BCUT2D eigenvalue weighted by Gasteiger charge is 2.28. The number of hydrogen-bond donors (Lipinski definition) is 2. The van der Waals surface area contributed by atoms with Gasteiger partial charge in [0, 0.05) is 10.5 Å². The van der Waals surface area contributed by atoms with Gasteiger partial charge in [0.15, 0.2) is 0 Å². The lowest BCUT2D eigenvalue weighted by atomic mass is 10.2. The lowest BCUT2D eigenvalue weighted by Gasteiger charge is -2.27. The molecule has 2 N–H and O–H groups in total. The standard InChI is InChI=1S/C11H17BrN2O3/c1-8(12)6-13-11(17)14(7-10(15)16)9-4-2-3-5-9/h9H,1-7H2,(H,13,17)(H,15,16). The molecule has 1 aliphatic carbocycles. The second-order valence-corrected chi connectivity index (χ2v) is 5.26. The molecule has 1 saturated carbocycles. The molecule has 1 aliphatic rings. The van der Waals surface area contributed by atoms with Gasteiger partial charge in [-0.25, -0.2) is 4.79 Å². The first kappa shape index (κ1) is 14.0. The van der Waals surface area contributed by atoms with Crippen molar-refractivity contribution in [3.8, 4) is 0 Å². The maximum absolute atomic E-state index is 11.9. The first-order valence-electron chi connectivity index (χ1n) is 5.60. The molecular weight excluding hydrogens is 288 g/mol. The molecule has 0 heterocycles. The third-order valence-electron chi connectivity index (χ3n) is 2.76. The lowest BCUT2D eigenvalue weighted by Crippen LogP contribution is -2.47. The smallest absolute Gasteiger partial charge is 0.323 e. The Labute approximate surface area is 109 Å². The van der Waals surface area contributed by atoms with Crippen LogP contribution in [-0.4, -0.2) is 41.1 Å². The Balaban J connectivity index is 2.57. The van der Waals surface area contributed by atoms with Crippen molar-refractivity contribution in [1.82, 2.24) is 10.2 Å². The van der Waals surface area contributed by atoms with Gasteiger partial charge in [-0.1, -0.05) is 35.4 Å². The number of rotatable bonds is 5. The van der Waals surface area contributed by atoms with Gasteiger partial charge in [0.05, 0.1) is 6.54 Å². The number of halogens is 1. The molecule has 0 bridgehead atoms. The number of nitrogens with zero attached hydrogens (tertiary/aromatic N) is 1. The van der Waals surface area contributed by atoms with E-state index in [2.05, 4.69) is 27.8 Å². The van der Waals surface area contributed by atoms with Gasteiger partial charge in [0.25, 0.3) is 0 Å². The topological polar surface area (TPSA) is 69.6 Å². The first-order valence-corrected chi connectivity index (χ1v) is 6.39. The van der Waals surface area contributed by atoms with Crippen molar-refractivity contribution in [3.05, 3.63) is 11.1 Å². The van der Waals surface area contributed by atoms with Crippen molar-refractivity contribution >= 4 is 27.9 Å². The predicted molar refractivity (Wildman–Crippen MR) is 68.1 cm³/mol.